The fourth-order valence-electron chi connectivity index (χ4n) is 2.71. The second kappa shape index (κ2) is 8.83. The lowest BCUT2D eigenvalue weighted by atomic mass is 9.98. The van der Waals surface area contributed by atoms with Crippen LogP contribution >= 0.6 is 0 Å². The summed E-state index contributed by atoms with van der Waals surface area (Å²) in [7, 11) is 1.36. The summed E-state index contributed by atoms with van der Waals surface area (Å²) in [5.41, 5.74) is 4.52. The highest BCUT2D eigenvalue weighted by Gasteiger charge is 2.37. The molecule has 0 spiro atoms. The molecule has 10 heteroatoms. The topological polar surface area (TPSA) is 118 Å². The van der Waals surface area contributed by atoms with Gasteiger partial charge in [0.05, 0.1) is 19.5 Å². The molecule has 3 N–H and O–H groups in total. The summed E-state index contributed by atoms with van der Waals surface area (Å²) >= 11 is 0. The van der Waals surface area contributed by atoms with Crippen molar-refractivity contribution in [1.29, 1.82) is 0 Å². The van der Waals surface area contributed by atoms with Crippen LogP contribution in [0.2, 0.25) is 0 Å². The Morgan fingerprint density at radius 3 is 2.79 bits per heavy atom. The van der Waals surface area contributed by atoms with Gasteiger partial charge in [0, 0.05) is 7.11 Å². The molecular weight excluding hydrogens is 381 g/mol. The molecule has 0 aliphatic heterocycles. The number of halogens is 1. The van der Waals surface area contributed by atoms with E-state index in [1.807, 2.05) is 18.2 Å². The van der Waals surface area contributed by atoms with E-state index in [2.05, 4.69) is 20.9 Å². The highest BCUT2D eigenvalue weighted by Crippen LogP contribution is 2.21. The van der Waals surface area contributed by atoms with Crippen LogP contribution in [0.25, 0.3) is 11.2 Å². The molecule has 0 fully saturated rings. The number of methoxy groups -OCH3 is 1. The van der Waals surface area contributed by atoms with E-state index < -0.39 is 17.8 Å². The van der Waals surface area contributed by atoms with Crippen LogP contribution in [0.5, 0.6) is 5.75 Å². The number of benzene rings is 1. The van der Waals surface area contributed by atoms with Gasteiger partial charge in [-0.05, 0) is 12.1 Å². The van der Waals surface area contributed by atoms with E-state index in [4.69, 9.17) is 26.4 Å². The number of aliphatic hydroxyl groups is 1. The first-order valence-corrected chi connectivity index (χ1v) is 8.59. The largest absolute Gasteiger partial charge is 0.468 e. The third kappa shape index (κ3) is 4.43. The predicted octanol–water partition coefficient (Wildman–Crippen LogP) is 0.980. The maximum absolute atomic E-state index is 13.5. The van der Waals surface area contributed by atoms with Crippen molar-refractivity contribution in [2.45, 2.75) is 18.2 Å². The average Bonchev–Trinajstić information content (AvgIpc) is 3.12. The molecular formula is C19H20FN5O4. The van der Waals surface area contributed by atoms with Gasteiger partial charge in [-0.25, -0.2) is 4.98 Å². The van der Waals surface area contributed by atoms with Crippen molar-refractivity contribution in [3.05, 3.63) is 42.7 Å². The summed E-state index contributed by atoms with van der Waals surface area (Å²) in [6.45, 7) is -0.327. The van der Waals surface area contributed by atoms with E-state index >= 15 is 0 Å². The Morgan fingerprint density at radius 2 is 2.10 bits per heavy atom. The summed E-state index contributed by atoms with van der Waals surface area (Å²) in [6.07, 6.45) is 4.74. The molecule has 2 aromatic heterocycles. The van der Waals surface area contributed by atoms with E-state index in [0.29, 0.717) is 5.75 Å². The normalized spacial score (nSPS) is 14.3. The fourth-order valence-corrected chi connectivity index (χ4v) is 2.71. The van der Waals surface area contributed by atoms with Crippen LogP contribution in [-0.4, -0.2) is 56.8 Å². The zero-order valence-corrected chi connectivity index (χ0v) is 15.7. The molecule has 29 heavy (non-hydrogen) atoms. The fraction of sp³-hybridized carbons (Fsp3) is 0.316. The summed E-state index contributed by atoms with van der Waals surface area (Å²) in [5, 5.41) is 10.7. The average molecular weight is 401 g/mol. The van der Waals surface area contributed by atoms with Gasteiger partial charge in [-0.3, -0.25) is 0 Å². The molecule has 3 aromatic rings. The van der Waals surface area contributed by atoms with Crippen LogP contribution in [0.1, 0.15) is 0 Å². The highest BCUT2D eigenvalue weighted by atomic mass is 19.1. The Bertz CT molecular complexity index is 1010. The number of ether oxygens (including phenoxy) is 3. The van der Waals surface area contributed by atoms with Gasteiger partial charge in [0.2, 0.25) is 0 Å². The Balaban J connectivity index is 1.69. The number of aromatic nitrogens is 4. The second-order valence-corrected chi connectivity index (χ2v) is 6.12. The zero-order chi connectivity index (χ0) is 20.9. The monoisotopic (exact) mass is 401 g/mol. The van der Waals surface area contributed by atoms with E-state index in [1.54, 1.807) is 12.1 Å². The molecule has 0 unspecified atom stereocenters. The van der Waals surface area contributed by atoms with Gasteiger partial charge in [-0.1, -0.05) is 24.1 Å². The van der Waals surface area contributed by atoms with Gasteiger partial charge in [-0.15, -0.1) is 6.42 Å². The Morgan fingerprint density at radius 1 is 1.34 bits per heavy atom. The summed E-state index contributed by atoms with van der Waals surface area (Å²) < 4.78 is 31.2. The van der Waals surface area contributed by atoms with Crippen molar-refractivity contribution in [3.63, 3.8) is 0 Å². The molecule has 0 saturated heterocycles. The number of anilines is 1. The summed E-state index contributed by atoms with van der Waals surface area (Å²) in [6, 6.07) is 9.07. The van der Waals surface area contributed by atoms with Crippen molar-refractivity contribution in [2.75, 3.05) is 26.2 Å². The van der Waals surface area contributed by atoms with Crippen LogP contribution in [0, 0.1) is 18.4 Å². The second-order valence-electron chi connectivity index (χ2n) is 6.12. The zero-order valence-electron chi connectivity index (χ0n) is 15.7. The minimum absolute atomic E-state index is 0.0899. The molecule has 0 saturated carbocycles. The summed E-state index contributed by atoms with van der Waals surface area (Å²) in [5.74, 6) is 2.95. The Kier molecular flexibility index (Phi) is 6.23. The number of nitrogen functional groups attached to an aromatic ring is 1. The maximum atomic E-state index is 13.5. The first-order chi connectivity index (χ1) is 14.0. The first kappa shape index (κ1) is 20.5. The number of para-hydroxylation sites is 1. The molecule has 0 amide bonds. The first-order valence-electron chi connectivity index (χ1n) is 8.59. The number of imidazole rings is 1. The van der Waals surface area contributed by atoms with Gasteiger partial charge in [-0.2, -0.15) is 14.4 Å². The quantitative estimate of drug-likeness (QED) is 0.236. The molecule has 9 nitrogen and oxygen atoms in total. The number of hydrogen-bond donors (Lipinski definition) is 2. The van der Waals surface area contributed by atoms with Crippen molar-refractivity contribution >= 4 is 17.0 Å². The molecule has 2 heterocycles. The molecule has 2 atom stereocenters. The third-order valence-corrected chi connectivity index (χ3v) is 4.35. The minimum atomic E-state index is -1.48. The Labute approximate surface area is 166 Å². The van der Waals surface area contributed by atoms with Gasteiger partial charge in [0.1, 0.15) is 17.4 Å². The number of aliphatic hydroxyl groups excluding tert-OH is 1. The molecule has 0 aliphatic rings. The SMILES string of the molecule is C#C[C@](COCOc1ccccc1)(OC)[C@@H](O)Cn1cnc2c(N)nc(F)nc21. The van der Waals surface area contributed by atoms with Crippen LogP contribution in [0.4, 0.5) is 10.2 Å². The number of terminal acetylenes is 1. The van der Waals surface area contributed by atoms with Crippen LogP contribution < -0.4 is 10.5 Å². The van der Waals surface area contributed by atoms with Crippen molar-refractivity contribution < 1.29 is 23.7 Å². The van der Waals surface area contributed by atoms with E-state index in [0.717, 1.165) is 0 Å². The van der Waals surface area contributed by atoms with Crippen molar-refractivity contribution in [3.8, 4) is 18.1 Å². The van der Waals surface area contributed by atoms with Crippen molar-refractivity contribution in [1.82, 2.24) is 19.5 Å². The maximum Gasteiger partial charge on any atom is 0.312 e. The lowest BCUT2D eigenvalue weighted by molar-refractivity contribution is -0.127. The van der Waals surface area contributed by atoms with Crippen LogP contribution in [0.15, 0.2) is 36.7 Å². The molecule has 152 valence electrons. The number of nitrogens with two attached hydrogens (primary N) is 1. The van der Waals surface area contributed by atoms with E-state index in [1.165, 1.54) is 18.0 Å². The molecule has 0 bridgehead atoms. The Hall–Kier alpha value is -3.26. The predicted molar refractivity (Wildman–Crippen MR) is 102 cm³/mol. The smallest absolute Gasteiger partial charge is 0.312 e. The number of rotatable bonds is 9. The molecule has 0 aliphatic carbocycles. The lowest BCUT2D eigenvalue weighted by Crippen LogP contribution is -2.49. The number of hydrogen-bond acceptors (Lipinski definition) is 8. The number of nitrogens with zero attached hydrogens (tertiary/aromatic N) is 4. The number of fused-ring (bicyclic) bond motifs is 1. The van der Waals surface area contributed by atoms with Gasteiger partial charge in [0.15, 0.2) is 23.9 Å². The molecule has 1 aromatic carbocycles. The van der Waals surface area contributed by atoms with E-state index in [9.17, 15) is 9.50 Å². The lowest BCUT2D eigenvalue weighted by Gasteiger charge is -2.31. The minimum Gasteiger partial charge on any atom is -0.468 e. The van der Waals surface area contributed by atoms with Gasteiger partial charge >= 0.3 is 6.08 Å². The van der Waals surface area contributed by atoms with Crippen LogP contribution in [0.3, 0.4) is 0 Å². The van der Waals surface area contributed by atoms with Gasteiger partial charge in [0.25, 0.3) is 0 Å². The van der Waals surface area contributed by atoms with Crippen molar-refractivity contribution in [2.24, 2.45) is 0 Å². The van der Waals surface area contributed by atoms with Crippen LogP contribution in [-0.2, 0) is 16.0 Å². The molecule has 3 rings (SSSR count). The summed E-state index contributed by atoms with van der Waals surface area (Å²) in [4.78, 5) is 11.1. The van der Waals surface area contributed by atoms with Gasteiger partial charge < -0.3 is 29.6 Å². The molecule has 0 radical (unpaired) electrons. The van der Waals surface area contributed by atoms with E-state index in [-0.39, 0.29) is 36.9 Å². The standard InChI is InChI=1S/C19H20FN5O4/c1-3-19(27-2,10-28-12-29-13-7-5-4-6-8-13)14(26)9-25-11-22-15-16(21)23-18(20)24-17(15)25/h1,4-8,11,14,26H,9-10,12H2,2H3,(H2,21,23,24)/t14-,19+/m0/s1. The third-order valence-electron chi connectivity index (χ3n) is 4.35. The highest BCUT2D eigenvalue weighted by molar-refractivity contribution is 5.81.